The molecule has 0 saturated carbocycles. The normalized spacial score (nSPS) is 15.7. The Morgan fingerprint density at radius 1 is 0.709 bits per heavy atom. The summed E-state index contributed by atoms with van der Waals surface area (Å²) in [5, 5.41) is 23.9. The van der Waals surface area contributed by atoms with Crippen molar-refractivity contribution in [1.29, 1.82) is 0 Å². The van der Waals surface area contributed by atoms with Gasteiger partial charge in [-0.15, -0.1) is 0 Å². The molecule has 0 rings (SSSR count). The van der Waals surface area contributed by atoms with Gasteiger partial charge >= 0.3 is 7.82 Å². The van der Waals surface area contributed by atoms with E-state index in [1.807, 2.05) is 57.6 Å². The largest absolute Gasteiger partial charge is 0.472 e. The van der Waals surface area contributed by atoms with Crippen LogP contribution in [0.2, 0.25) is 0 Å². The summed E-state index contributed by atoms with van der Waals surface area (Å²) in [6, 6.07) is -0.819. The minimum atomic E-state index is -4.35. The van der Waals surface area contributed by atoms with Crippen molar-refractivity contribution in [1.82, 2.24) is 5.32 Å². The van der Waals surface area contributed by atoms with E-state index < -0.39 is 26.1 Å². The summed E-state index contributed by atoms with van der Waals surface area (Å²) in [4.78, 5) is 23.1. The summed E-state index contributed by atoms with van der Waals surface area (Å²) in [6.07, 6.45) is 44.0. The molecule has 1 amide bonds. The van der Waals surface area contributed by atoms with Gasteiger partial charge in [0.05, 0.1) is 46.0 Å². The van der Waals surface area contributed by atoms with Gasteiger partial charge in [0.25, 0.3) is 0 Å². The number of amides is 1. The molecule has 0 bridgehead atoms. The molecule has 318 valence electrons. The maximum Gasteiger partial charge on any atom is 0.472 e. The third-order valence-electron chi connectivity index (χ3n) is 9.06. The number of quaternary nitrogens is 1. The number of phosphoric acid groups is 1. The quantitative estimate of drug-likeness (QED) is 0.0162. The van der Waals surface area contributed by atoms with E-state index in [2.05, 4.69) is 49.5 Å². The zero-order chi connectivity index (χ0) is 40.9. The maximum atomic E-state index is 12.8. The Morgan fingerprint density at radius 2 is 1.25 bits per heavy atom. The average Bonchev–Trinajstić information content (AvgIpc) is 3.13. The van der Waals surface area contributed by atoms with Crippen molar-refractivity contribution in [2.24, 2.45) is 0 Å². The molecule has 0 aromatic heterocycles. The van der Waals surface area contributed by atoms with Crippen molar-refractivity contribution in [2.75, 3.05) is 40.9 Å². The minimum Gasteiger partial charge on any atom is -0.391 e. The molecule has 0 aliphatic carbocycles. The van der Waals surface area contributed by atoms with Gasteiger partial charge in [-0.1, -0.05) is 170 Å². The first kappa shape index (κ1) is 52.9. The molecule has 0 aromatic rings. The fourth-order valence-corrected chi connectivity index (χ4v) is 6.36. The van der Waals surface area contributed by atoms with E-state index in [0.29, 0.717) is 30.3 Å². The summed E-state index contributed by atoms with van der Waals surface area (Å²) in [5.74, 6) is -0.250. The van der Waals surface area contributed by atoms with Gasteiger partial charge in [0.2, 0.25) is 5.91 Å². The number of carbonyl (C=O) groups is 1. The van der Waals surface area contributed by atoms with E-state index >= 15 is 0 Å². The van der Waals surface area contributed by atoms with Crippen molar-refractivity contribution in [2.45, 2.75) is 167 Å². The molecule has 0 aliphatic heterocycles. The van der Waals surface area contributed by atoms with Crippen molar-refractivity contribution in [3.05, 3.63) is 72.9 Å². The minimum absolute atomic E-state index is 0.0481. The number of aliphatic hydroxyl groups excluding tert-OH is 2. The van der Waals surface area contributed by atoms with Crippen LogP contribution in [-0.4, -0.2) is 84.6 Å². The molecule has 0 aliphatic rings. The van der Waals surface area contributed by atoms with Gasteiger partial charge in [-0.25, -0.2) is 4.57 Å². The summed E-state index contributed by atoms with van der Waals surface area (Å²) in [6.45, 7) is 4.62. The molecule has 0 spiro atoms. The fourth-order valence-electron chi connectivity index (χ4n) is 5.62. The molecule has 0 radical (unpaired) electrons. The highest BCUT2D eigenvalue weighted by atomic mass is 31.2. The number of aliphatic hydroxyl groups is 2. The number of carbonyl (C=O) groups excluding carboxylic acids is 1. The third-order valence-corrected chi connectivity index (χ3v) is 10.0. The SMILES string of the molecule is CC/C=C\C/C=C\CC(O)/C=C/C=C\C/C=C\C/C=C\CCC(=O)N[C@@H](COP(=O)(O)OCC[N+](C)(C)C)[C@H](O)CCCCCCCCCCCCCCC. The average molecular weight is 794 g/mol. The Bertz CT molecular complexity index is 1140. The summed E-state index contributed by atoms with van der Waals surface area (Å²) in [7, 11) is 1.52. The van der Waals surface area contributed by atoms with E-state index in [1.54, 1.807) is 6.08 Å². The Morgan fingerprint density at radius 3 is 1.85 bits per heavy atom. The highest BCUT2D eigenvalue weighted by Crippen LogP contribution is 2.43. The number of rotatable bonds is 37. The number of nitrogens with zero attached hydrogens (tertiary/aromatic N) is 1. The van der Waals surface area contributed by atoms with E-state index in [4.69, 9.17) is 9.05 Å². The van der Waals surface area contributed by atoms with Crippen LogP contribution in [0.15, 0.2) is 72.9 Å². The first-order valence-corrected chi connectivity index (χ1v) is 22.9. The first-order chi connectivity index (χ1) is 26.4. The van der Waals surface area contributed by atoms with Gasteiger partial charge in [-0.05, 0) is 44.9 Å². The van der Waals surface area contributed by atoms with Crippen molar-refractivity contribution in [3.63, 3.8) is 0 Å². The van der Waals surface area contributed by atoms with E-state index in [0.717, 1.165) is 44.9 Å². The molecule has 55 heavy (non-hydrogen) atoms. The molecular formula is C45H82N2O7P+. The second kappa shape index (κ2) is 36.3. The lowest BCUT2D eigenvalue weighted by Gasteiger charge is -2.26. The molecule has 0 aromatic carbocycles. The second-order valence-electron chi connectivity index (χ2n) is 15.5. The Labute approximate surface area is 336 Å². The number of allylic oxidation sites excluding steroid dienone is 10. The van der Waals surface area contributed by atoms with Crippen molar-refractivity contribution in [3.8, 4) is 0 Å². The van der Waals surface area contributed by atoms with Crippen molar-refractivity contribution < 1.29 is 38.0 Å². The van der Waals surface area contributed by atoms with Crippen LogP contribution in [0, 0.1) is 0 Å². The lowest BCUT2D eigenvalue weighted by molar-refractivity contribution is -0.870. The van der Waals surface area contributed by atoms with Crippen LogP contribution in [0.5, 0.6) is 0 Å². The fraction of sp³-hybridized carbons (Fsp3) is 0.711. The maximum absolute atomic E-state index is 12.8. The number of hydrogen-bond acceptors (Lipinski definition) is 6. The van der Waals surface area contributed by atoms with E-state index in [-0.39, 0.29) is 25.5 Å². The molecule has 10 heteroatoms. The number of nitrogens with one attached hydrogen (secondary N) is 1. The smallest absolute Gasteiger partial charge is 0.391 e. The number of hydrogen-bond donors (Lipinski definition) is 4. The molecule has 9 nitrogen and oxygen atoms in total. The molecule has 4 N–H and O–H groups in total. The molecule has 0 fully saturated rings. The van der Waals surface area contributed by atoms with E-state index in [1.165, 1.54) is 64.2 Å². The highest BCUT2D eigenvalue weighted by molar-refractivity contribution is 7.47. The summed E-state index contributed by atoms with van der Waals surface area (Å²) in [5.41, 5.74) is 0. The van der Waals surface area contributed by atoms with Gasteiger partial charge in [0, 0.05) is 6.42 Å². The summed E-state index contributed by atoms with van der Waals surface area (Å²) >= 11 is 0. The van der Waals surface area contributed by atoms with E-state index in [9.17, 15) is 24.5 Å². The van der Waals surface area contributed by atoms with Gasteiger partial charge in [-0.3, -0.25) is 13.8 Å². The standard InChI is InChI=1S/C45H81N2O7P/c1-6-8-10-12-14-15-16-17-18-22-25-29-33-37-44(49)43(41-54-55(51,52)53-40-39-47(3,4)5)46-45(50)38-34-30-26-23-20-19-21-24-28-32-36-42(48)35-31-27-13-11-9-7-2/h9,11,19-20,24,26-28,30-32,36,42-44,48-49H,6-8,10,12-18,21-23,25,29,33-35,37-41H2,1-5H3,(H-,46,50,51,52)/p+1/b11-9-,20-19-,28-24-,30-26-,31-27-,36-32+/t42?,43-,44+/m0/s1. The predicted octanol–water partition coefficient (Wildman–Crippen LogP) is 10.6. The number of unbranched alkanes of at least 4 members (excludes halogenated alkanes) is 12. The molecule has 4 atom stereocenters. The molecular weight excluding hydrogens is 711 g/mol. The second-order valence-corrected chi connectivity index (χ2v) is 17.0. The first-order valence-electron chi connectivity index (χ1n) is 21.4. The Hall–Kier alpha value is -2.10. The highest BCUT2D eigenvalue weighted by Gasteiger charge is 2.28. The van der Waals surface area contributed by atoms with Crippen LogP contribution < -0.4 is 5.32 Å². The van der Waals surface area contributed by atoms with Crippen LogP contribution in [0.1, 0.15) is 149 Å². The molecule has 0 saturated heterocycles. The third kappa shape index (κ3) is 38.5. The number of likely N-dealkylation sites (N-methyl/N-ethyl adjacent to an activating group) is 1. The Kier molecular flexibility index (Phi) is 34.9. The van der Waals surface area contributed by atoms with Gasteiger partial charge in [0.1, 0.15) is 13.2 Å². The lowest BCUT2D eigenvalue weighted by atomic mass is 10.0. The van der Waals surface area contributed by atoms with Crippen LogP contribution in [0.25, 0.3) is 0 Å². The Balaban J connectivity index is 4.61. The molecule has 2 unspecified atom stereocenters. The molecule has 0 heterocycles. The lowest BCUT2D eigenvalue weighted by Crippen LogP contribution is -2.46. The van der Waals surface area contributed by atoms with Gasteiger partial charge < -0.3 is 24.9 Å². The van der Waals surface area contributed by atoms with Gasteiger partial charge in [-0.2, -0.15) is 0 Å². The monoisotopic (exact) mass is 794 g/mol. The van der Waals surface area contributed by atoms with Gasteiger partial charge in [0.15, 0.2) is 0 Å². The zero-order valence-electron chi connectivity index (χ0n) is 35.5. The predicted molar refractivity (Wildman–Crippen MR) is 232 cm³/mol. The van der Waals surface area contributed by atoms with Crippen molar-refractivity contribution >= 4 is 13.7 Å². The van der Waals surface area contributed by atoms with Crippen LogP contribution in [0.4, 0.5) is 0 Å². The number of phosphoric ester groups is 1. The van der Waals surface area contributed by atoms with Crippen LogP contribution in [0.3, 0.4) is 0 Å². The zero-order valence-corrected chi connectivity index (χ0v) is 36.4. The topological polar surface area (TPSA) is 125 Å². The van der Waals surface area contributed by atoms with Crippen LogP contribution >= 0.6 is 7.82 Å². The summed E-state index contributed by atoms with van der Waals surface area (Å²) < 4.78 is 23.5. The van der Waals surface area contributed by atoms with Crippen LogP contribution in [-0.2, 0) is 18.4 Å².